The van der Waals surface area contributed by atoms with Crippen LogP contribution in [-0.4, -0.2) is 61.9 Å². The molecule has 3 rings (SSSR count). The van der Waals surface area contributed by atoms with Crippen molar-refractivity contribution in [2.45, 2.75) is 32.6 Å². The first-order chi connectivity index (χ1) is 9.93. The van der Waals surface area contributed by atoms with E-state index in [1.807, 2.05) is 4.90 Å². The fourth-order valence-electron chi connectivity index (χ4n) is 5.28. The van der Waals surface area contributed by atoms with Gasteiger partial charge >= 0.3 is 0 Å². The second-order valence-corrected chi connectivity index (χ2v) is 7.35. The Bertz CT molecular complexity index is 456. The molecule has 118 valence electrons. The molecule has 0 aromatic rings. The van der Waals surface area contributed by atoms with Crippen LogP contribution in [0.4, 0.5) is 0 Å². The summed E-state index contributed by atoms with van der Waals surface area (Å²) in [5.74, 6) is 0.857. The van der Waals surface area contributed by atoms with Gasteiger partial charge < -0.3 is 15.1 Å². The predicted molar refractivity (Wildman–Crippen MR) is 80.6 cm³/mol. The highest BCUT2D eigenvalue weighted by molar-refractivity contribution is 5.84. The summed E-state index contributed by atoms with van der Waals surface area (Å²) in [5, 5.41) is 2.91. The van der Waals surface area contributed by atoms with Gasteiger partial charge in [-0.3, -0.25) is 9.59 Å². The smallest absolute Gasteiger partial charge is 0.227 e. The van der Waals surface area contributed by atoms with E-state index >= 15 is 0 Å². The molecule has 2 atom stereocenters. The number of nitrogens with zero attached hydrogens (tertiary/aromatic N) is 2. The normalized spacial score (nSPS) is 35.0. The largest absolute Gasteiger partial charge is 0.359 e. The Hall–Kier alpha value is -1.10. The van der Waals surface area contributed by atoms with Crippen molar-refractivity contribution in [3.63, 3.8) is 0 Å². The van der Waals surface area contributed by atoms with Crippen LogP contribution in [0.15, 0.2) is 0 Å². The van der Waals surface area contributed by atoms with E-state index in [4.69, 9.17) is 0 Å². The first kappa shape index (κ1) is 14.8. The van der Waals surface area contributed by atoms with Gasteiger partial charge in [0.05, 0.1) is 5.41 Å². The minimum absolute atomic E-state index is 0.184. The summed E-state index contributed by atoms with van der Waals surface area (Å²) in [6.45, 7) is 5.28. The van der Waals surface area contributed by atoms with Crippen molar-refractivity contribution in [1.29, 1.82) is 0 Å². The quantitative estimate of drug-likeness (QED) is 0.774. The SMILES string of the molecule is CNC(=O)[C@@]12CCC3(CCN(C(C)=O)CC3)[C@@H]1CN(C)C2. The average molecular weight is 293 g/mol. The number of fused-ring (bicyclic) bond motifs is 2. The van der Waals surface area contributed by atoms with E-state index in [-0.39, 0.29) is 22.6 Å². The van der Waals surface area contributed by atoms with Gasteiger partial charge in [-0.1, -0.05) is 0 Å². The second kappa shape index (κ2) is 4.97. The van der Waals surface area contributed by atoms with Gasteiger partial charge in [-0.05, 0) is 44.1 Å². The number of hydrogen-bond acceptors (Lipinski definition) is 3. The van der Waals surface area contributed by atoms with Crippen LogP contribution in [0.25, 0.3) is 0 Å². The van der Waals surface area contributed by atoms with Crippen LogP contribution >= 0.6 is 0 Å². The molecule has 1 aliphatic carbocycles. The van der Waals surface area contributed by atoms with E-state index in [1.54, 1.807) is 14.0 Å². The Morgan fingerprint density at radius 2 is 1.81 bits per heavy atom. The Morgan fingerprint density at radius 3 is 2.38 bits per heavy atom. The number of rotatable bonds is 1. The molecule has 1 spiro atoms. The second-order valence-electron chi connectivity index (χ2n) is 7.35. The highest BCUT2D eigenvalue weighted by Gasteiger charge is 2.63. The molecule has 3 fully saturated rings. The highest BCUT2D eigenvalue weighted by Crippen LogP contribution is 2.61. The number of likely N-dealkylation sites (tertiary alicyclic amines) is 2. The van der Waals surface area contributed by atoms with Crippen molar-refractivity contribution in [3.8, 4) is 0 Å². The minimum atomic E-state index is -0.193. The van der Waals surface area contributed by atoms with E-state index in [0.29, 0.717) is 5.92 Å². The first-order valence-corrected chi connectivity index (χ1v) is 8.10. The third kappa shape index (κ3) is 2.08. The molecule has 3 aliphatic rings. The summed E-state index contributed by atoms with van der Waals surface area (Å²) >= 11 is 0. The summed E-state index contributed by atoms with van der Waals surface area (Å²) in [7, 11) is 3.89. The number of nitrogens with one attached hydrogen (secondary N) is 1. The third-order valence-electron chi connectivity index (χ3n) is 6.41. The number of piperidine rings is 1. The summed E-state index contributed by atoms with van der Waals surface area (Å²) in [6.07, 6.45) is 4.26. The molecule has 2 heterocycles. The topological polar surface area (TPSA) is 52.7 Å². The number of carbonyl (C=O) groups is 2. The molecule has 0 aromatic heterocycles. The zero-order valence-electron chi connectivity index (χ0n) is 13.4. The van der Waals surface area contributed by atoms with Crippen molar-refractivity contribution in [3.05, 3.63) is 0 Å². The Labute approximate surface area is 127 Å². The van der Waals surface area contributed by atoms with Crippen LogP contribution in [-0.2, 0) is 9.59 Å². The Morgan fingerprint density at radius 1 is 1.14 bits per heavy atom. The molecule has 2 aliphatic heterocycles. The lowest BCUT2D eigenvalue weighted by atomic mass is 9.65. The predicted octanol–water partition coefficient (Wildman–Crippen LogP) is 0.703. The molecular formula is C16H27N3O2. The molecular weight excluding hydrogens is 266 g/mol. The van der Waals surface area contributed by atoms with Crippen molar-refractivity contribution in [2.75, 3.05) is 40.3 Å². The first-order valence-electron chi connectivity index (χ1n) is 8.10. The van der Waals surface area contributed by atoms with Gasteiger partial charge in [0.1, 0.15) is 0 Å². The van der Waals surface area contributed by atoms with Gasteiger partial charge in [-0.15, -0.1) is 0 Å². The fourth-order valence-corrected chi connectivity index (χ4v) is 5.28. The third-order valence-corrected chi connectivity index (χ3v) is 6.41. The molecule has 0 radical (unpaired) electrons. The van der Waals surface area contributed by atoms with E-state index in [9.17, 15) is 9.59 Å². The van der Waals surface area contributed by atoms with E-state index in [1.165, 1.54) is 0 Å². The van der Waals surface area contributed by atoms with Crippen LogP contribution in [0.2, 0.25) is 0 Å². The van der Waals surface area contributed by atoms with Crippen molar-refractivity contribution >= 4 is 11.8 Å². The summed E-state index contributed by atoms with van der Waals surface area (Å²) in [6, 6.07) is 0. The van der Waals surface area contributed by atoms with Crippen molar-refractivity contribution in [1.82, 2.24) is 15.1 Å². The standard InChI is InChI=1S/C16H27N3O2/c1-12(20)19-8-6-15(7-9-19)4-5-16(14(21)17-2)11-18(3)10-13(15)16/h13H,4-11H2,1-3H3,(H,17,21)/t13-,16+/m0/s1. The number of hydrogen-bond donors (Lipinski definition) is 1. The van der Waals surface area contributed by atoms with E-state index in [0.717, 1.165) is 51.9 Å². The molecule has 0 aromatic carbocycles. The maximum atomic E-state index is 12.6. The molecule has 1 N–H and O–H groups in total. The van der Waals surface area contributed by atoms with Crippen LogP contribution in [0.1, 0.15) is 32.6 Å². The molecule has 5 heteroatoms. The fraction of sp³-hybridized carbons (Fsp3) is 0.875. The monoisotopic (exact) mass is 293 g/mol. The van der Waals surface area contributed by atoms with Gasteiger partial charge in [-0.25, -0.2) is 0 Å². The molecule has 2 saturated heterocycles. The number of amides is 2. The van der Waals surface area contributed by atoms with Gasteiger partial charge in [0, 0.05) is 40.2 Å². The number of carbonyl (C=O) groups excluding carboxylic acids is 2. The zero-order valence-corrected chi connectivity index (χ0v) is 13.4. The molecule has 0 unspecified atom stereocenters. The van der Waals surface area contributed by atoms with Gasteiger partial charge in [0.15, 0.2) is 0 Å². The molecule has 1 saturated carbocycles. The maximum absolute atomic E-state index is 12.6. The zero-order chi connectivity index (χ0) is 15.3. The van der Waals surface area contributed by atoms with Crippen LogP contribution < -0.4 is 5.32 Å². The van der Waals surface area contributed by atoms with Gasteiger partial charge in [0.2, 0.25) is 11.8 Å². The lowest BCUT2D eigenvalue weighted by Gasteiger charge is -2.44. The summed E-state index contributed by atoms with van der Waals surface area (Å²) < 4.78 is 0. The summed E-state index contributed by atoms with van der Waals surface area (Å²) in [4.78, 5) is 28.4. The molecule has 21 heavy (non-hydrogen) atoms. The van der Waals surface area contributed by atoms with Crippen LogP contribution in [0, 0.1) is 16.7 Å². The van der Waals surface area contributed by atoms with Crippen molar-refractivity contribution in [2.24, 2.45) is 16.7 Å². The lowest BCUT2D eigenvalue weighted by molar-refractivity contribution is -0.135. The lowest BCUT2D eigenvalue weighted by Crippen LogP contribution is -2.49. The molecule has 2 amide bonds. The Balaban J connectivity index is 1.83. The van der Waals surface area contributed by atoms with E-state index in [2.05, 4.69) is 17.3 Å². The van der Waals surface area contributed by atoms with Gasteiger partial charge in [0.25, 0.3) is 0 Å². The summed E-state index contributed by atoms with van der Waals surface area (Å²) in [5.41, 5.74) is 0.0745. The molecule has 0 bridgehead atoms. The average Bonchev–Trinajstić information content (AvgIpc) is 2.95. The highest BCUT2D eigenvalue weighted by atomic mass is 16.2. The van der Waals surface area contributed by atoms with E-state index < -0.39 is 0 Å². The minimum Gasteiger partial charge on any atom is -0.359 e. The molecule has 5 nitrogen and oxygen atoms in total. The van der Waals surface area contributed by atoms with Crippen LogP contribution in [0.5, 0.6) is 0 Å². The maximum Gasteiger partial charge on any atom is 0.227 e. The van der Waals surface area contributed by atoms with Crippen LogP contribution in [0.3, 0.4) is 0 Å². The van der Waals surface area contributed by atoms with Gasteiger partial charge in [-0.2, -0.15) is 0 Å². The Kier molecular flexibility index (Phi) is 3.51. The van der Waals surface area contributed by atoms with Crippen molar-refractivity contribution < 1.29 is 9.59 Å².